The van der Waals surface area contributed by atoms with Gasteiger partial charge in [-0.05, 0) is 11.4 Å². The van der Waals surface area contributed by atoms with Crippen LogP contribution in [0.25, 0.3) is 0 Å². The molecule has 1 fully saturated rings. The molecule has 0 radical (unpaired) electrons. The number of hydrogen-bond acceptors (Lipinski definition) is 8. The van der Waals surface area contributed by atoms with Crippen molar-refractivity contribution >= 4 is 60.1 Å². The van der Waals surface area contributed by atoms with Crippen LogP contribution in [0.5, 0.6) is 0 Å². The van der Waals surface area contributed by atoms with Gasteiger partial charge in [0, 0.05) is 4.88 Å². The number of hydrogen-bond donors (Lipinski definition) is 1. The molecule has 3 rings (SSSR count). The van der Waals surface area contributed by atoms with Crippen molar-refractivity contribution in [3.05, 3.63) is 33.7 Å². The van der Waals surface area contributed by atoms with E-state index in [0.29, 0.717) is 11.3 Å². The Morgan fingerprint density at radius 1 is 1.24 bits per heavy atom. The number of nitrogens with zero attached hydrogens (tertiary/aromatic N) is 1. The molecule has 0 aliphatic carbocycles. The monoisotopic (exact) mass is 556 g/mol. The fourth-order valence-corrected chi connectivity index (χ4v) is 8.26. The van der Waals surface area contributed by atoms with E-state index in [2.05, 4.69) is 22.6 Å². The Morgan fingerprint density at radius 2 is 2.00 bits per heavy atom. The summed E-state index contributed by atoms with van der Waals surface area (Å²) in [5.41, 5.74) is 0.633. The van der Waals surface area contributed by atoms with Gasteiger partial charge < -0.3 is 0 Å². The maximum absolute atomic E-state index is 13.0. The summed E-state index contributed by atoms with van der Waals surface area (Å²) in [7, 11) is 1.28. The van der Waals surface area contributed by atoms with E-state index in [9.17, 15) is 19.2 Å². The molecule has 1 aromatic rings. The van der Waals surface area contributed by atoms with Crippen LogP contribution in [0.3, 0.4) is 0 Å². The van der Waals surface area contributed by atoms with Gasteiger partial charge >= 0.3 is 172 Å². The standard InChI is InChI=1S/C22H30GeN2O6S2/c1-23(2,3)8-6-9-31-22(29)19-14(11-17(27)30-4)13-33-21-18(20(28)25(19)21)24-16(26)12-15-7-5-10-32-15/h5,7,10,18,21H,6,8-9,11-13H2,1-4H3,(H,24,26)/t18-,21-/m0/s1. The third-order valence-corrected chi connectivity index (χ3v) is 11.5. The summed E-state index contributed by atoms with van der Waals surface area (Å²) >= 11 is 1.16. The number of amides is 2. The summed E-state index contributed by atoms with van der Waals surface area (Å²) in [6.45, 7) is 0.275. The van der Waals surface area contributed by atoms with Crippen LogP contribution in [0.2, 0.25) is 22.5 Å². The van der Waals surface area contributed by atoms with Crippen LogP contribution in [0.1, 0.15) is 17.7 Å². The maximum atomic E-state index is 13.0. The number of thiophene rings is 1. The van der Waals surface area contributed by atoms with Crippen molar-refractivity contribution in [2.24, 2.45) is 0 Å². The Kier molecular flexibility index (Phi) is 8.68. The second-order valence-corrected chi connectivity index (χ2v) is 23.1. The number of ether oxygens (including phenoxy) is 2. The van der Waals surface area contributed by atoms with Crippen LogP contribution < -0.4 is 5.32 Å². The summed E-state index contributed by atoms with van der Waals surface area (Å²) in [4.78, 5) is 52.5. The summed E-state index contributed by atoms with van der Waals surface area (Å²) in [5.74, 6) is 5.58. The van der Waals surface area contributed by atoms with Crippen molar-refractivity contribution in [3.63, 3.8) is 0 Å². The number of methoxy groups -OCH3 is 1. The zero-order chi connectivity index (χ0) is 24.2. The molecule has 0 spiro atoms. The average molecular weight is 555 g/mol. The predicted octanol–water partition coefficient (Wildman–Crippen LogP) is 2.78. The molecule has 2 aliphatic rings. The molecule has 8 nitrogen and oxygen atoms in total. The Balaban J connectivity index is 1.69. The molecule has 3 heterocycles. The van der Waals surface area contributed by atoms with Gasteiger partial charge in [0.05, 0.1) is 0 Å². The van der Waals surface area contributed by atoms with Crippen molar-refractivity contribution in [1.82, 2.24) is 10.2 Å². The Hall–Kier alpha value is -1.79. The van der Waals surface area contributed by atoms with Crippen LogP contribution in [-0.2, 0) is 35.1 Å². The van der Waals surface area contributed by atoms with Crippen LogP contribution in [0.15, 0.2) is 28.8 Å². The van der Waals surface area contributed by atoms with Crippen LogP contribution >= 0.6 is 23.1 Å². The molecule has 2 atom stereocenters. The van der Waals surface area contributed by atoms with Crippen molar-refractivity contribution in [1.29, 1.82) is 0 Å². The van der Waals surface area contributed by atoms with E-state index in [1.54, 1.807) is 0 Å². The van der Waals surface area contributed by atoms with E-state index in [0.717, 1.165) is 16.6 Å². The van der Waals surface area contributed by atoms with Crippen LogP contribution in [0, 0.1) is 0 Å². The number of carbonyl (C=O) groups is 4. The first-order valence-corrected chi connectivity index (χ1v) is 20.5. The van der Waals surface area contributed by atoms with Crippen molar-refractivity contribution < 1.29 is 28.7 Å². The van der Waals surface area contributed by atoms with E-state index >= 15 is 0 Å². The summed E-state index contributed by atoms with van der Waals surface area (Å²) in [6, 6.07) is 3.03. The fourth-order valence-electron chi connectivity index (χ4n) is 3.69. The number of fused-ring (bicyclic) bond motifs is 1. The zero-order valence-corrected chi connectivity index (χ0v) is 23.1. The topological polar surface area (TPSA) is 102 Å². The molecule has 1 aromatic heterocycles. The van der Waals surface area contributed by atoms with Crippen LogP contribution in [-0.4, -0.2) is 72.8 Å². The third kappa shape index (κ3) is 6.63. The summed E-state index contributed by atoms with van der Waals surface area (Å²) in [5, 5.41) is 5.35. The average Bonchev–Trinajstić information content (AvgIpc) is 3.26. The normalized spacial score (nSPS) is 20.1. The van der Waals surface area contributed by atoms with Gasteiger partial charge in [0.25, 0.3) is 0 Å². The minimum absolute atomic E-state index is 0.0861. The number of esters is 2. The number of β-lactam (4-membered cyclic amide) rings is 1. The molecular weight excluding hydrogens is 525 g/mol. The molecule has 2 amide bonds. The van der Waals surface area contributed by atoms with Gasteiger partial charge in [-0.15, -0.1) is 11.3 Å². The van der Waals surface area contributed by atoms with Gasteiger partial charge in [-0.3, -0.25) is 0 Å². The Labute approximate surface area is 204 Å². The molecule has 0 bridgehead atoms. The second-order valence-electron chi connectivity index (χ2n) is 9.22. The van der Waals surface area contributed by atoms with E-state index in [-0.39, 0.29) is 37.0 Å². The molecule has 0 aromatic carbocycles. The number of nitrogens with one attached hydrogen (secondary N) is 1. The first kappa shape index (κ1) is 25.8. The molecule has 33 heavy (non-hydrogen) atoms. The Morgan fingerprint density at radius 3 is 2.64 bits per heavy atom. The van der Waals surface area contributed by atoms with Gasteiger partial charge in [0.2, 0.25) is 0 Å². The van der Waals surface area contributed by atoms with Gasteiger partial charge in [-0.25, -0.2) is 0 Å². The molecule has 2 aliphatic heterocycles. The minimum atomic E-state index is -1.74. The third-order valence-electron chi connectivity index (χ3n) is 5.36. The summed E-state index contributed by atoms with van der Waals surface area (Å²) in [6.07, 6.45) is 0.898. The van der Waals surface area contributed by atoms with E-state index < -0.39 is 36.6 Å². The molecule has 11 heteroatoms. The number of thioether (sulfide) groups is 1. The first-order chi connectivity index (χ1) is 15.6. The van der Waals surface area contributed by atoms with E-state index in [1.807, 2.05) is 17.5 Å². The van der Waals surface area contributed by atoms with Crippen molar-refractivity contribution in [2.45, 2.75) is 53.2 Å². The molecule has 1 N–H and O–H groups in total. The van der Waals surface area contributed by atoms with E-state index in [4.69, 9.17) is 9.47 Å². The first-order valence-electron chi connectivity index (χ1n) is 10.8. The number of rotatable bonds is 10. The SMILES string of the molecule is COC(=O)CC1=C(C(=O)OCC[CH2][Ge]([CH3])([CH3])[CH3])N2C(=O)[C@H](NC(=O)Cc3cccs3)[C@@H]2SC1. The van der Waals surface area contributed by atoms with E-state index in [1.165, 1.54) is 35.1 Å². The van der Waals surface area contributed by atoms with Crippen molar-refractivity contribution in [3.8, 4) is 0 Å². The molecule has 180 valence electrons. The molecule has 1 saturated heterocycles. The molecular formula is C22H30GeN2O6S2. The quantitative estimate of drug-likeness (QED) is 0.205. The van der Waals surface area contributed by atoms with Gasteiger partial charge in [-0.2, -0.15) is 0 Å². The van der Waals surface area contributed by atoms with Gasteiger partial charge in [0.1, 0.15) is 0 Å². The van der Waals surface area contributed by atoms with Gasteiger partial charge in [0.15, 0.2) is 0 Å². The second kappa shape index (κ2) is 11.1. The Bertz CT molecular complexity index is 941. The molecule has 0 unspecified atom stereocenters. The zero-order valence-electron chi connectivity index (χ0n) is 19.3. The van der Waals surface area contributed by atoms with Crippen LogP contribution in [0.4, 0.5) is 0 Å². The van der Waals surface area contributed by atoms with Gasteiger partial charge in [-0.1, -0.05) is 6.07 Å². The summed E-state index contributed by atoms with van der Waals surface area (Å²) < 4.78 is 10.3. The molecule has 0 saturated carbocycles. The van der Waals surface area contributed by atoms with Crippen molar-refractivity contribution in [2.75, 3.05) is 19.5 Å². The number of carbonyl (C=O) groups excluding carboxylic acids is 4. The fraction of sp³-hybridized carbons (Fsp3) is 0.545. The predicted molar refractivity (Wildman–Crippen MR) is 130 cm³/mol.